The third-order valence-corrected chi connectivity index (χ3v) is 5.02. The number of hydrogen-bond donors (Lipinski definition) is 1. The van der Waals surface area contributed by atoms with Gasteiger partial charge in [-0.15, -0.1) is 0 Å². The molecule has 0 saturated carbocycles. The van der Waals surface area contributed by atoms with E-state index in [2.05, 4.69) is 67.0 Å². The molecule has 0 heterocycles. The maximum absolute atomic E-state index is 3.47. The Bertz CT molecular complexity index is 349. The molecule has 1 aromatic carbocycles. The van der Waals surface area contributed by atoms with Crippen molar-refractivity contribution in [2.45, 2.75) is 58.4 Å². The summed E-state index contributed by atoms with van der Waals surface area (Å²) in [6.45, 7) is 4.46. The molecular weight excluding hydrogens is 333 g/mol. The first-order valence-electron chi connectivity index (χ1n) is 7.13. The van der Waals surface area contributed by atoms with Gasteiger partial charge in [-0.3, -0.25) is 0 Å². The molecule has 18 heavy (non-hydrogen) atoms. The second kappa shape index (κ2) is 8.92. The van der Waals surface area contributed by atoms with E-state index in [0.717, 1.165) is 0 Å². The van der Waals surface area contributed by atoms with Gasteiger partial charge in [-0.2, -0.15) is 0 Å². The summed E-state index contributed by atoms with van der Waals surface area (Å²) in [6, 6.07) is 7.15. The molecule has 1 N–H and O–H groups in total. The third kappa shape index (κ3) is 4.88. The smallest absolute Gasteiger partial charge is 0.0328 e. The first-order valence-corrected chi connectivity index (χ1v) is 8.20. The van der Waals surface area contributed by atoms with Crippen molar-refractivity contribution in [1.29, 1.82) is 0 Å². The topological polar surface area (TPSA) is 12.0 Å². The van der Waals surface area contributed by atoms with E-state index in [9.17, 15) is 0 Å². The summed E-state index contributed by atoms with van der Waals surface area (Å²) in [6.07, 6.45) is 8.04. The van der Waals surface area contributed by atoms with Gasteiger partial charge < -0.3 is 5.32 Å². The molecule has 0 radical (unpaired) electrons. The van der Waals surface area contributed by atoms with Crippen molar-refractivity contribution in [2.24, 2.45) is 0 Å². The molecule has 1 atom stereocenters. The van der Waals surface area contributed by atoms with E-state index >= 15 is 0 Å². The predicted octanol–water partition coefficient (Wildman–Crippen LogP) is 5.22. The maximum atomic E-state index is 3.47. The second-order valence-corrected chi connectivity index (χ2v) is 6.10. The lowest BCUT2D eigenvalue weighted by Gasteiger charge is -2.19. The van der Waals surface area contributed by atoms with Gasteiger partial charge in [0.15, 0.2) is 0 Å². The standard InChI is InChI=1S/C16H26IN/c1-4-5-6-7-8-12-15(18-3)14-11-9-10-13(2)16(14)17/h9-11,15,18H,4-8,12H2,1-3H3. The molecule has 0 aliphatic carbocycles. The Balaban J connectivity index is 2.52. The van der Waals surface area contributed by atoms with E-state index in [1.54, 1.807) is 0 Å². The summed E-state index contributed by atoms with van der Waals surface area (Å²) in [5.41, 5.74) is 2.85. The molecule has 1 rings (SSSR count). The van der Waals surface area contributed by atoms with Crippen LogP contribution in [0, 0.1) is 10.5 Å². The van der Waals surface area contributed by atoms with Crippen molar-refractivity contribution < 1.29 is 0 Å². The number of halogens is 1. The quantitative estimate of drug-likeness (QED) is 0.496. The largest absolute Gasteiger partial charge is 0.313 e. The minimum atomic E-state index is 0.512. The summed E-state index contributed by atoms with van der Waals surface area (Å²) < 4.78 is 1.42. The highest BCUT2D eigenvalue weighted by atomic mass is 127. The molecule has 0 fully saturated rings. The highest BCUT2D eigenvalue weighted by Gasteiger charge is 2.12. The molecule has 0 aromatic heterocycles. The number of nitrogens with one attached hydrogen (secondary N) is 1. The van der Waals surface area contributed by atoms with Crippen molar-refractivity contribution >= 4 is 22.6 Å². The minimum absolute atomic E-state index is 0.512. The van der Waals surface area contributed by atoms with Crippen LogP contribution < -0.4 is 5.32 Å². The summed E-state index contributed by atoms with van der Waals surface area (Å²) in [5.74, 6) is 0. The number of unbranched alkanes of at least 4 members (excludes halogenated alkanes) is 4. The molecule has 0 spiro atoms. The van der Waals surface area contributed by atoms with Crippen molar-refractivity contribution in [3.05, 3.63) is 32.9 Å². The SMILES string of the molecule is CCCCCCCC(NC)c1cccc(C)c1I. The van der Waals surface area contributed by atoms with Gasteiger partial charge in [-0.25, -0.2) is 0 Å². The fourth-order valence-corrected chi connectivity index (χ4v) is 3.08. The van der Waals surface area contributed by atoms with Gasteiger partial charge in [0.25, 0.3) is 0 Å². The number of hydrogen-bond acceptors (Lipinski definition) is 1. The van der Waals surface area contributed by atoms with Gasteiger partial charge in [0, 0.05) is 9.61 Å². The molecule has 1 unspecified atom stereocenters. The zero-order valence-corrected chi connectivity index (χ0v) is 14.1. The molecule has 1 aromatic rings. The Kier molecular flexibility index (Phi) is 7.91. The zero-order valence-electron chi connectivity index (χ0n) is 11.9. The summed E-state index contributed by atoms with van der Waals surface area (Å²) in [7, 11) is 2.08. The zero-order chi connectivity index (χ0) is 13.4. The molecule has 0 aliphatic heterocycles. The summed E-state index contributed by atoms with van der Waals surface area (Å²) in [5, 5.41) is 3.47. The van der Waals surface area contributed by atoms with Gasteiger partial charge in [0.2, 0.25) is 0 Å². The van der Waals surface area contributed by atoms with Crippen LogP contribution in [0.25, 0.3) is 0 Å². The number of benzene rings is 1. The Labute approximate surface area is 126 Å². The first-order chi connectivity index (χ1) is 8.70. The van der Waals surface area contributed by atoms with E-state index in [-0.39, 0.29) is 0 Å². The Morgan fingerprint density at radius 1 is 1.17 bits per heavy atom. The average Bonchev–Trinajstić information content (AvgIpc) is 2.38. The van der Waals surface area contributed by atoms with Crippen molar-refractivity contribution in [2.75, 3.05) is 7.05 Å². The van der Waals surface area contributed by atoms with Crippen molar-refractivity contribution in [3.8, 4) is 0 Å². The van der Waals surface area contributed by atoms with E-state index in [4.69, 9.17) is 0 Å². The summed E-state index contributed by atoms with van der Waals surface area (Å²) in [4.78, 5) is 0. The van der Waals surface area contributed by atoms with Gasteiger partial charge in [-0.05, 0) is 54.1 Å². The van der Waals surface area contributed by atoms with Gasteiger partial charge >= 0.3 is 0 Å². The number of rotatable bonds is 8. The van der Waals surface area contributed by atoms with Crippen LogP contribution >= 0.6 is 22.6 Å². The van der Waals surface area contributed by atoms with Crippen LogP contribution in [0.4, 0.5) is 0 Å². The van der Waals surface area contributed by atoms with Crippen LogP contribution in [-0.2, 0) is 0 Å². The minimum Gasteiger partial charge on any atom is -0.313 e. The molecular formula is C16H26IN. The van der Waals surface area contributed by atoms with E-state index in [0.29, 0.717) is 6.04 Å². The molecule has 0 saturated heterocycles. The van der Waals surface area contributed by atoms with Crippen LogP contribution in [0.2, 0.25) is 0 Å². The first kappa shape index (κ1) is 16.0. The highest BCUT2D eigenvalue weighted by Crippen LogP contribution is 2.26. The molecule has 0 aliphatic rings. The average molecular weight is 359 g/mol. The Hall–Kier alpha value is -0.0900. The van der Waals surface area contributed by atoms with Gasteiger partial charge in [-0.1, -0.05) is 57.2 Å². The number of aryl methyl sites for hydroxylation is 1. The fourth-order valence-electron chi connectivity index (χ4n) is 2.35. The summed E-state index contributed by atoms with van der Waals surface area (Å²) >= 11 is 2.48. The molecule has 102 valence electrons. The van der Waals surface area contributed by atoms with E-state index in [1.807, 2.05) is 0 Å². The van der Waals surface area contributed by atoms with Crippen LogP contribution in [0.3, 0.4) is 0 Å². The van der Waals surface area contributed by atoms with Crippen molar-refractivity contribution in [1.82, 2.24) is 5.32 Å². The van der Waals surface area contributed by atoms with Gasteiger partial charge in [0.1, 0.15) is 0 Å². The lowest BCUT2D eigenvalue weighted by atomic mass is 9.98. The fraction of sp³-hybridized carbons (Fsp3) is 0.625. The molecule has 2 heteroatoms. The Morgan fingerprint density at radius 3 is 2.56 bits per heavy atom. The monoisotopic (exact) mass is 359 g/mol. The van der Waals surface area contributed by atoms with Crippen LogP contribution in [0.5, 0.6) is 0 Å². The lowest BCUT2D eigenvalue weighted by Crippen LogP contribution is -2.17. The van der Waals surface area contributed by atoms with Crippen LogP contribution in [0.15, 0.2) is 18.2 Å². The van der Waals surface area contributed by atoms with E-state index < -0.39 is 0 Å². The molecule has 0 bridgehead atoms. The molecule has 0 amide bonds. The maximum Gasteiger partial charge on any atom is 0.0328 e. The second-order valence-electron chi connectivity index (χ2n) is 5.02. The van der Waals surface area contributed by atoms with Gasteiger partial charge in [0.05, 0.1) is 0 Å². The van der Waals surface area contributed by atoms with E-state index in [1.165, 1.54) is 53.2 Å². The molecule has 1 nitrogen and oxygen atoms in total. The normalized spacial score (nSPS) is 12.7. The third-order valence-electron chi connectivity index (χ3n) is 3.54. The van der Waals surface area contributed by atoms with Crippen LogP contribution in [-0.4, -0.2) is 7.05 Å². The van der Waals surface area contributed by atoms with Crippen LogP contribution in [0.1, 0.15) is 62.6 Å². The predicted molar refractivity (Wildman–Crippen MR) is 89.1 cm³/mol. The van der Waals surface area contributed by atoms with Crippen molar-refractivity contribution in [3.63, 3.8) is 0 Å². The Morgan fingerprint density at radius 2 is 1.89 bits per heavy atom. The lowest BCUT2D eigenvalue weighted by molar-refractivity contribution is 0.499. The highest BCUT2D eigenvalue weighted by molar-refractivity contribution is 14.1.